The Balaban J connectivity index is 2.17. The number of rotatable bonds is 3. The zero-order chi connectivity index (χ0) is 6.85. The van der Waals surface area contributed by atoms with Gasteiger partial charge in [0.2, 0.25) is 5.91 Å². The first-order valence-corrected chi connectivity index (χ1v) is 3.55. The van der Waals surface area contributed by atoms with Crippen LogP contribution >= 0.6 is 0 Å². The van der Waals surface area contributed by atoms with Crippen LogP contribution in [0, 0.1) is 11.8 Å². The first-order valence-electron chi connectivity index (χ1n) is 3.55. The maximum atomic E-state index is 10.5. The van der Waals surface area contributed by atoms with E-state index < -0.39 is 0 Å². The number of hydrogen-bond donors (Lipinski definition) is 1. The summed E-state index contributed by atoms with van der Waals surface area (Å²) in [6.07, 6.45) is 3.39. The number of hydrogen-bond acceptors (Lipinski definition) is 1. The first kappa shape index (κ1) is 6.59. The third kappa shape index (κ3) is 1.44. The summed E-state index contributed by atoms with van der Waals surface area (Å²) in [5.74, 6) is 0.755. The van der Waals surface area contributed by atoms with E-state index in [0.717, 1.165) is 6.42 Å². The van der Waals surface area contributed by atoms with Crippen LogP contribution in [-0.4, -0.2) is 5.91 Å². The van der Waals surface area contributed by atoms with Crippen molar-refractivity contribution >= 4 is 5.91 Å². The molecule has 0 heterocycles. The van der Waals surface area contributed by atoms with Crippen LogP contribution in [0.25, 0.3) is 0 Å². The Hall–Kier alpha value is -0.530. The molecule has 2 atom stereocenters. The van der Waals surface area contributed by atoms with Gasteiger partial charge in [-0.1, -0.05) is 13.3 Å². The van der Waals surface area contributed by atoms with Crippen LogP contribution in [-0.2, 0) is 4.79 Å². The zero-order valence-electron chi connectivity index (χ0n) is 5.76. The molecule has 0 aromatic rings. The Bertz CT molecular complexity index is 122. The van der Waals surface area contributed by atoms with Gasteiger partial charge in [0.25, 0.3) is 0 Å². The zero-order valence-corrected chi connectivity index (χ0v) is 5.76. The molecule has 0 saturated heterocycles. The van der Waals surface area contributed by atoms with Gasteiger partial charge in [0.1, 0.15) is 0 Å². The molecule has 1 amide bonds. The topological polar surface area (TPSA) is 43.1 Å². The fourth-order valence-corrected chi connectivity index (χ4v) is 1.29. The summed E-state index contributed by atoms with van der Waals surface area (Å²) in [7, 11) is 0. The summed E-state index contributed by atoms with van der Waals surface area (Å²) in [5, 5.41) is 0. The fourth-order valence-electron chi connectivity index (χ4n) is 1.29. The van der Waals surface area contributed by atoms with Gasteiger partial charge in [-0.15, -0.1) is 0 Å². The number of carbonyl (C=O) groups is 1. The van der Waals surface area contributed by atoms with E-state index in [1.54, 1.807) is 0 Å². The van der Waals surface area contributed by atoms with Crippen molar-refractivity contribution in [3.63, 3.8) is 0 Å². The highest BCUT2D eigenvalue weighted by Crippen LogP contribution is 2.41. The molecule has 2 nitrogen and oxygen atoms in total. The number of primary amides is 1. The smallest absolute Gasteiger partial charge is 0.220 e. The van der Waals surface area contributed by atoms with Crippen LogP contribution in [0.2, 0.25) is 0 Å². The lowest BCUT2D eigenvalue weighted by atomic mass is 10.2. The standard InChI is InChI=1S/C7H13NO/c1-2-3-5-4-6(5)7(8)9/h5-6H,2-4H2,1H3,(H2,8,9). The summed E-state index contributed by atoms with van der Waals surface area (Å²) in [6, 6.07) is 0. The highest BCUT2D eigenvalue weighted by atomic mass is 16.1. The highest BCUT2D eigenvalue weighted by molar-refractivity contribution is 5.79. The molecule has 0 aromatic heterocycles. The molecule has 2 N–H and O–H groups in total. The molecule has 0 radical (unpaired) electrons. The molecule has 1 aliphatic rings. The summed E-state index contributed by atoms with van der Waals surface area (Å²) in [5.41, 5.74) is 5.08. The molecule has 9 heavy (non-hydrogen) atoms. The summed E-state index contributed by atoms with van der Waals surface area (Å²) >= 11 is 0. The monoisotopic (exact) mass is 127 g/mol. The van der Waals surface area contributed by atoms with Crippen molar-refractivity contribution in [2.45, 2.75) is 26.2 Å². The van der Waals surface area contributed by atoms with Crippen LogP contribution in [0.5, 0.6) is 0 Å². The second-order valence-corrected chi connectivity index (χ2v) is 2.79. The van der Waals surface area contributed by atoms with Gasteiger partial charge in [0.15, 0.2) is 0 Å². The van der Waals surface area contributed by atoms with Gasteiger partial charge >= 0.3 is 0 Å². The van der Waals surface area contributed by atoms with Gasteiger partial charge in [-0.25, -0.2) is 0 Å². The molecular formula is C7H13NO. The second-order valence-electron chi connectivity index (χ2n) is 2.79. The van der Waals surface area contributed by atoms with Crippen LogP contribution in [0.1, 0.15) is 26.2 Å². The fraction of sp³-hybridized carbons (Fsp3) is 0.857. The number of nitrogens with two attached hydrogens (primary N) is 1. The minimum Gasteiger partial charge on any atom is -0.369 e. The maximum absolute atomic E-state index is 10.5. The normalized spacial score (nSPS) is 32.1. The average molecular weight is 127 g/mol. The van der Waals surface area contributed by atoms with Crippen molar-refractivity contribution < 1.29 is 4.79 Å². The van der Waals surface area contributed by atoms with Gasteiger partial charge in [-0.2, -0.15) is 0 Å². The SMILES string of the molecule is CCCC1CC1C(N)=O. The Morgan fingerprint density at radius 1 is 1.78 bits per heavy atom. The molecule has 0 aliphatic heterocycles. The lowest BCUT2D eigenvalue weighted by molar-refractivity contribution is -0.119. The molecular weight excluding hydrogens is 114 g/mol. The van der Waals surface area contributed by atoms with Crippen molar-refractivity contribution in [2.24, 2.45) is 17.6 Å². The van der Waals surface area contributed by atoms with Crippen molar-refractivity contribution in [1.29, 1.82) is 0 Å². The van der Waals surface area contributed by atoms with Crippen LogP contribution < -0.4 is 5.73 Å². The second kappa shape index (κ2) is 2.38. The lowest BCUT2D eigenvalue weighted by Crippen LogP contribution is -2.13. The van der Waals surface area contributed by atoms with E-state index in [0.29, 0.717) is 5.92 Å². The summed E-state index contributed by atoms with van der Waals surface area (Å²) < 4.78 is 0. The number of carbonyl (C=O) groups excluding carboxylic acids is 1. The Morgan fingerprint density at radius 3 is 2.78 bits per heavy atom. The Morgan fingerprint density at radius 2 is 2.44 bits per heavy atom. The van der Waals surface area contributed by atoms with E-state index >= 15 is 0 Å². The van der Waals surface area contributed by atoms with Crippen molar-refractivity contribution in [1.82, 2.24) is 0 Å². The largest absolute Gasteiger partial charge is 0.369 e. The molecule has 1 aliphatic carbocycles. The molecule has 2 heteroatoms. The van der Waals surface area contributed by atoms with E-state index in [1.165, 1.54) is 12.8 Å². The minimum absolute atomic E-state index is 0.103. The highest BCUT2D eigenvalue weighted by Gasteiger charge is 2.40. The van der Waals surface area contributed by atoms with Gasteiger partial charge in [0, 0.05) is 5.92 Å². The molecule has 1 saturated carbocycles. The van der Waals surface area contributed by atoms with Crippen molar-refractivity contribution in [2.75, 3.05) is 0 Å². The first-order chi connectivity index (χ1) is 4.25. The van der Waals surface area contributed by atoms with E-state index in [9.17, 15) is 4.79 Å². The lowest BCUT2D eigenvalue weighted by Gasteiger charge is -1.90. The van der Waals surface area contributed by atoms with E-state index in [-0.39, 0.29) is 11.8 Å². The van der Waals surface area contributed by atoms with Gasteiger partial charge in [-0.3, -0.25) is 4.79 Å². The average Bonchev–Trinajstić information content (AvgIpc) is 2.47. The molecule has 0 spiro atoms. The van der Waals surface area contributed by atoms with Crippen LogP contribution in [0.15, 0.2) is 0 Å². The van der Waals surface area contributed by atoms with Crippen LogP contribution in [0.3, 0.4) is 0 Å². The molecule has 0 aromatic carbocycles. The quantitative estimate of drug-likeness (QED) is 0.601. The number of amides is 1. The molecule has 0 bridgehead atoms. The van der Waals surface area contributed by atoms with Gasteiger partial charge < -0.3 is 5.73 Å². The third-order valence-corrected chi connectivity index (χ3v) is 1.95. The van der Waals surface area contributed by atoms with Gasteiger partial charge in [-0.05, 0) is 18.8 Å². The van der Waals surface area contributed by atoms with Crippen molar-refractivity contribution in [3.8, 4) is 0 Å². The molecule has 1 rings (SSSR count). The predicted octanol–water partition coefficient (Wildman–Crippen LogP) is 0.908. The third-order valence-electron chi connectivity index (χ3n) is 1.95. The van der Waals surface area contributed by atoms with E-state index in [2.05, 4.69) is 6.92 Å². The maximum Gasteiger partial charge on any atom is 0.220 e. The molecule has 52 valence electrons. The van der Waals surface area contributed by atoms with Crippen LogP contribution in [0.4, 0.5) is 0 Å². The van der Waals surface area contributed by atoms with Gasteiger partial charge in [0.05, 0.1) is 0 Å². The molecule has 1 fully saturated rings. The predicted molar refractivity (Wildman–Crippen MR) is 35.7 cm³/mol. The van der Waals surface area contributed by atoms with E-state index in [4.69, 9.17) is 5.73 Å². The van der Waals surface area contributed by atoms with E-state index in [1.807, 2.05) is 0 Å². The summed E-state index contributed by atoms with van der Waals surface area (Å²) in [4.78, 5) is 10.5. The molecule has 2 unspecified atom stereocenters. The Kier molecular flexibility index (Phi) is 1.74. The van der Waals surface area contributed by atoms with Crippen molar-refractivity contribution in [3.05, 3.63) is 0 Å². The Labute approximate surface area is 55.4 Å². The minimum atomic E-state index is -0.103. The summed E-state index contributed by atoms with van der Waals surface area (Å²) in [6.45, 7) is 2.14.